The molecule has 1 saturated heterocycles. The summed E-state index contributed by atoms with van der Waals surface area (Å²) in [5.41, 5.74) is 2.01. The first-order valence-electron chi connectivity index (χ1n) is 6.86. The lowest BCUT2D eigenvalue weighted by atomic mass is 10.2. The van der Waals surface area contributed by atoms with Gasteiger partial charge in [-0.15, -0.1) is 0 Å². The molecule has 1 fully saturated rings. The fourth-order valence-corrected chi connectivity index (χ4v) is 2.96. The Balaban J connectivity index is 1.95. The Morgan fingerprint density at radius 3 is 2.74 bits per heavy atom. The molecule has 1 N–H and O–H groups in total. The highest BCUT2D eigenvalue weighted by molar-refractivity contribution is 9.10. The SMILES string of the molecule is COc1cccc(N2C(=O)/C(=C/c3ccccc3Br)NC2=S)c1. The monoisotopic (exact) mass is 388 g/mol. The number of anilines is 1. The van der Waals surface area contributed by atoms with Gasteiger partial charge in [0.25, 0.3) is 5.91 Å². The molecule has 0 atom stereocenters. The standard InChI is InChI=1S/C17H13BrN2O2S/c1-22-13-7-4-6-12(10-13)20-16(21)15(19-17(20)23)9-11-5-2-3-8-14(11)18/h2-10H,1H3,(H,19,23)/b15-9-. The third-order valence-electron chi connectivity index (χ3n) is 3.39. The topological polar surface area (TPSA) is 41.6 Å². The van der Waals surface area contributed by atoms with Crippen LogP contribution in [-0.4, -0.2) is 18.1 Å². The molecule has 0 unspecified atom stereocenters. The van der Waals surface area contributed by atoms with Gasteiger partial charge in [-0.25, -0.2) is 0 Å². The van der Waals surface area contributed by atoms with Gasteiger partial charge in [-0.2, -0.15) is 0 Å². The maximum absolute atomic E-state index is 12.7. The van der Waals surface area contributed by atoms with Gasteiger partial charge in [0, 0.05) is 10.5 Å². The molecule has 23 heavy (non-hydrogen) atoms. The molecule has 0 aliphatic carbocycles. The van der Waals surface area contributed by atoms with Gasteiger partial charge in [-0.05, 0) is 42.1 Å². The molecule has 2 aromatic rings. The summed E-state index contributed by atoms with van der Waals surface area (Å²) >= 11 is 8.78. The van der Waals surface area contributed by atoms with Crippen molar-refractivity contribution in [2.24, 2.45) is 0 Å². The minimum Gasteiger partial charge on any atom is -0.497 e. The average Bonchev–Trinajstić information content (AvgIpc) is 2.83. The Labute approximate surface area is 147 Å². The molecule has 0 aromatic heterocycles. The number of hydrogen-bond acceptors (Lipinski definition) is 3. The summed E-state index contributed by atoms with van der Waals surface area (Å²) in [6, 6.07) is 14.9. The van der Waals surface area contributed by atoms with E-state index >= 15 is 0 Å². The van der Waals surface area contributed by atoms with Crippen LogP contribution in [-0.2, 0) is 4.79 Å². The number of amides is 1. The highest BCUT2D eigenvalue weighted by Gasteiger charge is 2.32. The van der Waals surface area contributed by atoms with Crippen LogP contribution in [0.5, 0.6) is 5.75 Å². The maximum atomic E-state index is 12.7. The predicted molar refractivity (Wildman–Crippen MR) is 98.3 cm³/mol. The van der Waals surface area contributed by atoms with Crippen molar-refractivity contribution in [2.45, 2.75) is 0 Å². The van der Waals surface area contributed by atoms with E-state index in [1.165, 1.54) is 4.90 Å². The number of thiocarbonyl (C=S) groups is 1. The van der Waals surface area contributed by atoms with Gasteiger partial charge in [-0.1, -0.05) is 40.2 Å². The number of carbonyl (C=O) groups excluding carboxylic acids is 1. The second-order valence-corrected chi connectivity index (χ2v) is 6.09. The molecule has 0 bridgehead atoms. The van der Waals surface area contributed by atoms with Crippen LogP contribution in [0.4, 0.5) is 5.69 Å². The number of benzene rings is 2. The first-order chi connectivity index (χ1) is 11.1. The van der Waals surface area contributed by atoms with Crippen molar-refractivity contribution in [1.82, 2.24) is 5.32 Å². The fraction of sp³-hybridized carbons (Fsp3) is 0.0588. The zero-order valence-electron chi connectivity index (χ0n) is 12.2. The van der Waals surface area contributed by atoms with Gasteiger partial charge in [0.2, 0.25) is 0 Å². The minimum absolute atomic E-state index is 0.195. The van der Waals surface area contributed by atoms with Crippen LogP contribution >= 0.6 is 28.1 Å². The van der Waals surface area contributed by atoms with Crippen LogP contribution < -0.4 is 15.0 Å². The van der Waals surface area contributed by atoms with Crippen LogP contribution in [0.25, 0.3) is 6.08 Å². The minimum atomic E-state index is -0.195. The van der Waals surface area contributed by atoms with E-state index in [9.17, 15) is 4.79 Å². The Morgan fingerprint density at radius 2 is 2.00 bits per heavy atom. The van der Waals surface area contributed by atoms with Gasteiger partial charge in [0.15, 0.2) is 5.11 Å². The Hall–Kier alpha value is -2.18. The van der Waals surface area contributed by atoms with E-state index in [0.29, 0.717) is 22.2 Å². The molecule has 0 radical (unpaired) electrons. The quantitative estimate of drug-likeness (QED) is 0.642. The Kier molecular flexibility index (Phi) is 4.45. The second kappa shape index (κ2) is 6.52. The third kappa shape index (κ3) is 3.13. The zero-order valence-corrected chi connectivity index (χ0v) is 14.6. The van der Waals surface area contributed by atoms with E-state index in [2.05, 4.69) is 21.2 Å². The van der Waals surface area contributed by atoms with Crippen molar-refractivity contribution >= 4 is 50.9 Å². The predicted octanol–water partition coefficient (Wildman–Crippen LogP) is 3.72. The van der Waals surface area contributed by atoms with Crippen LogP contribution in [0.1, 0.15) is 5.56 Å². The van der Waals surface area contributed by atoms with E-state index in [0.717, 1.165) is 10.0 Å². The number of methoxy groups -OCH3 is 1. The van der Waals surface area contributed by atoms with E-state index in [-0.39, 0.29) is 5.91 Å². The van der Waals surface area contributed by atoms with Crippen LogP contribution in [0.3, 0.4) is 0 Å². The van der Waals surface area contributed by atoms with Gasteiger partial charge < -0.3 is 10.1 Å². The third-order valence-corrected chi connectivity index (χ3v) is 4.40. The Bertz CT molecular complexity index is 820. The summed E-state index contributed by atoms with van der Waals surface area (Å²) in [5.74, 6) is 0.473. The number of hydrogen-bond donors (Lipinski definition) is 1. The van der Waals surface area contributed by atoms with E-state index in [1.807, 2.05) is 42.5 Å². The van der Waals surface area contributed by atoms with Crippen molar-refractivity contribution in [2.75, 3.05) is 12.0 Å². The van der Waals surface area contributed by atoms with Crippen LogP contribution in [0.15, 0.2) is 58.7 Å². The number of rotatable bonds is 3. The molecular weight excluding hydrogens is 376 g/mol. The van der Waals surface area contributed by atoms with Crippen molar-refractivity contribution in [3.63, 3.8) is 0 Å². The number of nitrogens with zero attached hydrogens (tertiary/aromatic N) is 1. The lowest BCUT2D eigenvalue weighted by Gasteiger charge is -2.14. The largest absolute Gasteiger partial charge is 0.497 e. The molecule has 1 aliphatic heterocycles. The summed E-state index contributed by atoms with van der Waals surface area (Å²) in [5, 5.41) is 3.32. The molecular formula is C17H13BrN2O2S. The van der Waals surface area contributed by atoms with Gasteiger partial charge in [-0.3, -0.25) is 9.69 Å². The van der Waals surface area contributed by atoms with Gasteiger partial charge in [0.05, 0.1) is 12.8 Å². The van der Waals surface area contributed by atoms with Crippen LogP contribution in [0, 0.1) is 0 Å². The summed E-state index contributed by atoms with van der Waals surface area (Å²) in [6.07, 6.45) is 1.78. The lowest BCUT2D eigenvalue weighted by molar-refractivity contribution is -0.113. The van der Waals surface area contributed by atoms with E-state index < -0.39 is 0 Å². The van der Waals surface area contributed by atoms with Crippen molar-refractivity contribution in [3.05, 3.63) is 64.3 Å². The highest BCUT2D eigenvalue weighted by atomic mass is 79.9. The van der Waals surface area contributed by atoms with Crippen molar-refractivity contribution < 1.29 is 9.53 Å². The van der Waals surface area contributed by atoms with Gasteiger partial charge >= 0.3 is 0 Å². The van der Waals surface area contributed by atoms with E-state index in [4.69, 9.17) is 17.0 Å². The smallest absolute Gasteiger partial charge is 0.281 e. The second-order valence-electron chi connectivity index (χ2n) is 4.85. The highest BCUT2D eigenvalue weighted by Crippen LogP contribution is 2.27. The number of ether oxygens (including phenoxy) is 1. The average molecular weight is 389 g/mol. The van der Waals surface area contributed by atoms with Gasteiger partial charge in [0.1, 0.15) is 11.4 Å². The molecule has 0 spiro atoms. The molecule has 1 aliphatic rings. The molecule has 0 saturated carbocycles. The number of carbonyl (C=O) groups is 1. The summed E-state index contributed by atoms with van der Waals surface area (Å²) < 4.78 is 6.11. The summed E-state index contributed by atoms with van der Waals surface area (Å²) in [7, 11) is 1.58. The molecule has 4 nitrogen and oxygen atoms in total. The first-order valence-corrected chi connectivity index (χ1v) is 8.06. The van der Waals surface area contributed by atoms with Crippen molar-refractivity contribution in [1.29, 1.82) is 0 Å². The molecule has 3 rings (SSSR count). The summed E-state index contributed by atoms with van der Waals surface area (Å²) in [4.78, 5) is 14.1. The summed E-state index contributed by atoms with van der Waals surface area (Å²) in [6.45, 7) is 0. The number of halogens is 1. The van der Waals surface area contributed by atoms with E-state index in [1.54, 1.807) is 19.3 Å². The lowest BCUT2D eigenvalue weighted by Crippen LogP contribution is -2.30. The fourth-order valence-electron chi connectivity index (χ4n) is 2.27. The Morgan fingerprint density at radius 1 is 1.22 bits per heavy atom. The molecule has 2 aromatic carbocycles. The first kappa shape index (κ1) is 15.7. The normalized spacial score (nSPS) is 15.9. The van der Waals surface area contributed by atoms with Crippen LogP contribution in [0.2, 0.25) is 0 Å². The molecule has 1 amide bonds. The number of nitrogens with one attached hydrogen (secondary N) is 1. The zero-order chi connectivity index (χ0) is 16.4. The van der Waals surface area contributed by atoms with Crippen molar-refractivity contribution in [3.8, 4) is 5.75 Å². The molecule has 6 heteroatoms. The molecule has 1 heterocycles. The molecule has 116 valence electrons. The maximum Gasteiger partial charge on any atom is 0.281 e.